The molecule has 2 N–H and O–H groups in total. The van der Waals surface area contributed by atoms with E-state index in [2.05, 4.69) is 15.1 Å². The van der Waals surface area contributed by atoms with Crippen molar-refractivity contribution < 1.29 is 4.74 Å². The molecule has 0 spiro atoms. The summed E-state index contributed by atoms with van der Waals surface area (Å²) in [5.74, 6) is 1.17. The number of nitrogens with zero attached hydrogens (tertiary/aromatic N) is 4. The van der Waals surface area contributed by atoms with Crippen LogP contribution in [0.2, 0.25) is 0 Å². The summed E-state index contributed by atoms with van der Waals surface area (Å²) >= 11 is 0. The summed E-state index contributed by atoms with van der Waals surface area (Å²) in [5, 5.41) is 4.32. The van der Waals surface area contributed by atoms with Gasteiger partial charge in [-0.1, -0.05) is 18.2 Å². The number of nitrogens with two attached hydrogens (primary N) is 1. The minimum Gasteiger partial charge on any atom is -0.478 e. The van der Waals surface area contributed by atoms with E-state index < -0.39 is 0 Å². The van der Waals surface area contributed by atoms with Gasteiger partial charge in [-0.15, -0.1) is 0 Å². The SMILES string of the molecule is CCOc1cc(-n2cc(-c3ccccc3N)cn2)ncn1. The first-order valence-corrected chi connectivity index (χ1v) is 6.62. The fourth-order valence-electron chi connectivity index (χ4n) is 2.03. The van der Waals surface area contributed by atoms with Crippen molar-refractivity contribution in [1.82, 2.24) is 19.7 Å². The van der Waals surface area contributed by atoms with E-state index in [-0.39, 0.29) is 0 Å². The number of anilines is 1. The lowest BCUT2D eigenvalue weighted by atomic mass is 10.1. The molecule has 106 valence electrons. The van der Waals surface area contributed by atoms with Gasteiger partial charge in [-0.2, -0.15) is 5.10 Å². The molecule has 3 aromatic rings. The number of hydrogen-bond donors (Lipinski definition) is 1. The molecule has 6 heteroatoms. The number of ether oxygens (including phenoxy) is 1. The molecule has 0 amide bonds. The molecule has 1 aromatic carbocycles. The van der Waals surface area contributed by atoms with Crippen molar-refractivity contribution in [1.29, 1.82) is 0 Å². The second kappa shape index (κ2) is 5.62. The van der Waals surface area contributed by atoms with E-state index in [0.29, 0.717) is 18.3 Å². The van der Waals surface area contributed by atoms with Crippen LogP contribution in [0.4, 0.5) is 5.69 Å². The number of hydrogen-bond acceptors (Lipinski definition) is 5. The maximum Gasteiger partial charge on any atom is 0.218 e. The first-order chi connectivity index (χ1) is 10.3. The zero-order valence-electron chi connectivity index (χ0n) is 11.6. The fourth-order valence-corrected chi connectivity index (χ4v) is 2.03. The van der Waals surface area contributed by atoms with E-state index in [0.717, 1.165) is 16.8 Å². The van der Waals surface area contributed by atoms with Gasteiger partial charge in [0.1, 0.15) is 6.33 Å². The summed E-state index contributed by atoms with van der Waals surface area (Å²) in [6, 6.07) is 9.42. The second-order valence-corrected chi connectivity index (χ2v) is 4.41. The molecule has 0 atom stereocenters. The lowest BCUT2D eigenvalue weighted by molar-refractivity contribution is 0.326. The van der Waals surface area contributed by atoms with Crippen LogP contribution in [0.25, 0.3) is 16.9 Å². The smallest absolute Gasteiger partial charge is 0.218 e. The molecule has 2 aromatic heterocycles. The lowest BCUT2D eigenvalue weighted by Crippen LogP contribution is -2.01. The van der Waals surface area contributed by atoms with Gasteiger partial charge in [-0.3, -0.25) is 0 Å². The molecule has 0 fully saturated rings. The van der Waals surface area contributed by atoms with Crippen molar-refractivity contribution in [3.8, 4) is 22.8 Å². The topological polar surface area (TPSA) is 78.9 Å². The van der Waals surface area contributed by atoms with Crippen LogP contribution in [0, 0.1) is 0 Å². The van der Waals surface area contributed by atoms with E-state index in [9.17, 15) is 0 Å². The van der Waals surface area contributed by atoms with E-state index in [1.54, 1.807) is 16.9 Å². The van der Waals surface area contributed by atoms with Crippen molar-refractivity contribution in [2.45, 2.75) is 6.92 Å². The zero-order valence-corrected chi connectivity index (χ0v) is 11.6. The van der Waals surface area contributed by atoms with E-state index in [4.69, 9.17) is 10.5 Å². The van der Waals surface area contributed by atoms with Crippen LogP contribution in [0.1, 0.15) is 6.92 Å². The van der Waals surface area contributed by atoms with Gasteiger partial charge in [-0.25, -0.2) is 14.6 Å². The molecular weight excluding hydrogens is 266 g/mol. The fraction of sp³-hybridized carbons (Fsp3) is 0.133. The molecule has 0 bridgehead atoms. The molecule has 21 heavy (non-hydrogen) atoms. The largest absolute Gasteiger partial charge is 0.478 e. The summed E-state index contributed by atoms with van der Waals surface area (Å²) in [6.45, 7) is 2.47. The molecule has 0 unspecified atom stereocenters. The lowest BCUT2D eigenvalue weighted by Gasteiger charge is -2.04. The maximum atomic E-state index is 5.98. The number of para-hydroxylation sites is 1. The Labute approximate surface area is 122 Å². The van der Waals surface area contributed by atoms with Gasteiger partial charge in [0, 0.05) is 29.1 Å². The minimum absolute atomic E-state index is 0.527. The first kappa shape index (κ1) is 13.1. The summed E-state index contributed by atoms with van der Waals surface area (Å²) < 4.78 is 7.04. The Bertz CT molecular complexity index is 753. The average Bonchev–Trinajstić information content (AvgIpc) is 2.98. The Kier molecular flexibility index (Phi) is 3.51. The van der Waals surface area contributed by atoms with Crippen molar-refractivity contribution in [3.63, 3.8) is 0 Å². The number of nitrogen functional groups attached to an aromatic ring is 1. The minimum atomic E-state index is 0.527. The maximum absolute atomic E-state index is 5.98. The van der Waals surface area contributed by atoms with Crippen LogP contribution in [-0.2, 0) is 0 Å². The monoisotopic (exact) mass is 281 g/mol. The molecule has 0 aliphatic rings. The highest BCUT2D eigenvalue weighted by atomic mass is 16.5. The third-order valence-electron chi connectivity index (χ3n) is 3.01. The normalized spacial score (nSPS) is 10.5. The van der Waals surface area contributed by atoms with E-state index in [1.165, 1.54) is 6.33 Å². The molecule has 0 aliphatic carbocycles. The third-order valence-corrected chi connectivity index (χ3v) is 3.01. The highest BCUT2D eigenvalue weighted by Crippen LogP contribution is 2.25. The molecular formula is C15H15N5O. The van der Waals surface area contributed by atoms with Crippen LogP contribution in [-0.4, -0.2) is 26.4 Å². The van der Waals surface area contributed by atoms with Gasteiger partial charge in [0.25, 0.3) is 0 Å². The molecule has 0 aliphatic heterocycles. The standard InChI is InChI=1S/C15H15N5O/c1-2-21-15-7-14(17-10-18-15)20-9-11(8-19-20)12-5-3-4-6-13(12)16/h3-10H,2,16H2,1H3. The van der Waals surface area contributed by atoms with E-state index >= 15 is 0 Å². The van der Waals surface area contributed by atoms with Gasteiger partial charge in [0.05, 0.1) is 12.8 Å². The van der Waals surface area contributed by atoms with Gasteiger partial charge in [0.2, 0.25) is 5.88 Å². The summed E-state index contributed by atoms with van der Waals surface area (Å²) in [5.41, 5.74) is 8.58. The number of aromatic nitrogens is 4. The Balaban J connectivity index is 1.95. The summed E-state index contributed by atoms with van der Waals surface area (Å²) in [6.07, 6.45) is 5.09. The van der Waals surface area contributed by atoms with Gasteiger partial charge >= 0.3 is 0 Å². The Morgan fingerprint density at radius 1 is 1.24 bits per heavy atom. The number of benzene rings is 1. The molecule has 0 saturated heterocycles. The zero-order chi connectivity index (χ0) is 14.7. The van der Waals surface area contributed by atoms with Gasteiger partial charge in [-0.05, 0) is 13.0 Å². The third kappa shape index (κ3) is 2.69. The second-order valence-electron chi connectivity index (χ2n) is 4.41. The molecule has 2 heterocycles. The quantitative estimate of drug-likeness (QED) is 0.742. The van der Waals surface area contributed by atoms with Gasteiger partial charge in [0.15, 0.2) is 5.82 Å². The van der Waals surface area contributed by atoms with Crippen LogP contribution in [0.15, 0.2) is 49.1 Å². The summed E-state index contributed by atoms with van der Waals surface area (Å²) in [4.78, 5) is 8.24. The molecule has 6 nitrogen and oxygen atoms in total. The highest BCUT2D eigenvalue weighted by molar-refractivity contribution is 5.75. The van der Waals surface area contributed by atoms with E-state index in [1.807, 2.05) is 37.4 Å². The Hall–Kier alpha value is -2.89. The average molecular weight is 281 g/mol. The molecule has 3 rings (SSSR count). The van der Waals surface area contributed by atoms with Crippen molar-refractivity contribution in [2.75, 3.05) is 12.3 Å². The van der Waals surface area contributed by atoms with Crippen molar-refractivity contribution >= 4 is 5.69 Å². The van der Waals surface area contributed by atoms with Crippen LogP contribution >= 0.6 is 0 Å². The highest BCUT2D eigenvalue weighted by Gasteiger charge is 2.07. The van der Waals surface area contributed by atoms with Crippen molar-refractivity contribution in [3.05, 3.63) is 49.1 Å². The van der Waals surface area contributed by atoms with Crippen LogP contribution in [0.5, 0.6) is 5.88 Å². The predicted octanol–water partition coefficient (Wildman–Crippen LogP) is 2.31. The Morgan fingerprint density at radius 2 is 2.10 bits per heavy atom. The first-order valence-electron chi connectivity index (χ1n) is 6.62. The summed E-state index contributed by atoms with van der Waals surface area (Å²) in [7, 11) is 0. The molecule has 0 saturated carbocycles. The van der Waals surface area contributed by atoms with Crippen molar-refractivity contribution in [2.24, 2.45) is 0 Å². The van der Waals surface area contributed by atoms with Gasteiger partial charge < -0.3 is 10.5 Å². The molecule has 0 radical (unpaired) electrons. The van der Waals surface area contributed by atoms with Crippen LogP contribution < -0.4 is 10.5 Å². The Morgan fingerprint density at radius 3 is 2.90 bits per heavy atom. The number of rotatable bonds is 4. The van der Waals surface area contributed by atoms with Crippen LogP contribution in [0.3, 0.4) is 0 Å². The predicted molar refractivity (Wildman–Crippen MR) is 80.2 cm³/mol.